The van der Waals surface area contributed by atoms with Gasteiger partial charge in [0.05, 0.1) is 0 Å². The lowest BCUT2D eigenvalue weighted by atomic mass is 9.85. The second-order valence-electron chi connectivity index (χ2n) is 14.9. The molecule has 0 amide bonds. The lowest BCUT2D eigenvalue weighted by Crippen LogP contribution is -1.91. The molecule has 0 aliphatic rings. The van der Waals surface area contributed by atoms with Gasteiger partial charge in [0.1, 0.15) is 0 Å². The van der Waals surface area contributed by atoms with E-state index in [1.54, 1.807) is 0 Å². The van der Waals surface area contributed by atoms with Crippen LogP contribution < -0.4 is 0 Å². The third-order valence-corrected chi connectivity index (χ3v) is 11.6. The second-order valence-corrected chi connectivity index (χ2v) is 14.9. The van der Waals surface area contributed by atoms with E-state index >= 15 is 0 Å². The molecule has 0 nitrogen and oxygen atoms in total. The molecule has 0 spiro atoms. The van der Waals surface area contributed by atoms with Gasteiger partial charge in [-0.15, -0.1) is 0 Å². The van der Waals surface area contributed by atoms with Gasteiger partial charge in [-0.3, -0.25) is 0 Å². The summed E-state index contributed by atoms with van der Waals surface area (Å²) >= 11 is 0. The number of hydrogen-bond acceptors (Lipinski definition) is 0. The molecule has 0 saturated carbocycles. The molecule has 0 aliphatic carbocycles. The van der Waals surface area contributed by atoms with Crippen molar-refractivity contribution < 1.29 is 0 Å². The Morgan fingerprint density at radius 2 is 0.393 bits per heavy atom. The van der Waals surface area contributed by atoms with Crippen LogP contribution in [0.5, 0.6) is 0 Å². The third-order valence-electron chi connectivity index (χ3n) is 11.6. The van der Waals surface area contributed by atoms with Crippen LogP contribution >= 0.6 is 0 Å². The van der Waals surface area contributed by atoms with Crippen molar-refractivity contribution in [3.63, 3.8) is 0 Å². The quantitative estimate of drug-likeness (QED) is 0.156. The van der Waals surface area contributed by atoms with Gasteiger partial charge in [-0.2, -0.15) is 0 Å². The van der Waals surface area contributed by atoms with Crippen LogP contribution in [-0.4, -0.2) is 0 Å². The minimum atomic E-state index is 1.23. The highest BCUT2D eigenvalue weighted by atomic mass is 14.2. The summed E-state index contributed by atoms with van der Waals surface area (Å²) in [7, 11) is 0. The van der Waals surface area contributed by atoms with Crippen molar-refractivity contribution in [1.82, 2.24) is 0 Å². The molecule has 0 fully saturated rings. The van der Waals surface area contributed by atoms with Gasteiger partial charge >= 0.3 is 0 Å². The maximum absolute atomic E-state index is 2.37. The Morgan fingerprint density at radius 3 is 0.696 bits per heavy atom. The molecule has 0 heteroatoms. The molecule has 11 aromatic rings. The molecular weight excluding hydrogens is 673 g/mol. The van der Waals surface area contributed by atoms with Crippen LogP contribution in [0.25, 0.3) is 109 Å². The number of hydrogen-bond donors (Lipinski definition) is 0. The van der Waals surface area contributed by atoms with Gasteiger partial charge in [-0.05, 0) is 146 Å². The molecule has 260 valence electrons. The summed E-state index contributed by atoms with van der Waals surface area (Å²) in [6.07, 6.45) is 0. The van der Waals surface area contributed by atoms with E-state index in [4.69, 9.17) is 0 Å². The van der Waals surface area contributed by atoms with Gasteiger partial charge in [0.25, 0.3) is 0 Å². The fraction of sp³-hybridized carbons (Fsp3) is 0. The average molecular weight is 709 g/mol. The standard InChI is InChI=1S/C56H36/c1-3-11-37(12-4-1)39-19-21-42-33-43(24-23-41(42)31-39)44-25-26-48-36-50(30-28-46(48)34-44)56-53-17-9-7-15-51(53)55(52-16-8-10-18-54(52)56)49-29-27-45-32-40(20-22-47(45)35-49)38-13-5-2-6-14-38/h1-36H. The van der Waals surface area contributed by atoms with Crippen molar-refractivity contribution >= 4 is 53.9 Å². The summed E-state index contributed by atoms with van der Waals surface area (Å²) < 4.78 is 0. The lowest BCUT2D eigenvalue weighted by Gasteiger charge is -2.18. The maximum Gasteiger partial charge on any atom is -0.00262 e. The van der Waals surface area contributed by atoms with Crippen LogP contribution in [0.1, 0.15) is 0 Å². The molecule has 0 saturated heterocycles. The molecule has 11 rings (SSSR count). The predicted octanol–water partition coefficient (Wildman–Crippen LogP) is 15.8. The van der Waals surface area contributed by atoms with Crippen LogP contribution in [0.3, 0.4) is 0 Å². The smallest absolute Gasteiger partial charge is 0.00262 e. The Hall–Kier alpha value is -7.28. The zero-order chi connectivity index (χ0) is 37.0. The molecule has 0 aliphatic heterocycles. The normalized spacial score (nSPS) is 11.6. The van der Waals surface area contributed by atoms with Crippen molar-refractivity contribution in [2.45, 2.75) is 0 Å². The first-order chi connectivity index (χ1) is 27.7. The summed E-state index contributed by atoms with van der Waals surface area (Å²) in [5, 5.41) is 12.5. The number of fused-ring (bicyclic) bond motifs is 5. The summed E-state index contributed by atoms with van der Waals surface area (Å²) in [4.78, 5) is 0. The predicted molar refractivity (Wildman–Crippen MR) is 241 cm³/mol. The molecule has 0 aromatic heterocycles. The fourth-order valence-corrected chi connectivity index (χ4v) is 8.78. The van der Waals surface area contributed by atoms with Crippen molar-refractivity contribution in [3.8, 4) is 55.6 Å². The molecule has 0 bridgehead atoms. The number of benzene rings is 11. The maximum atomic E-state index is 2.37. The molecule has 56 heavy (non-hydrogen) atoms. The van der Waals surface area contributed by atoms with Gasteiger partial charge in [-0.25, -0.2) is 0 Å². The van der Waals surface area contributed by atoms with Crippen LogP contribution in [0, 0.1) is 0 Å². The molecular formula is C56H36. The van der Waals surface area contributed by atoms with Crippen molar-refractivity contribution in [3.05, 3.63) is 218 Å². The summed E-state index contributed by atoms with van der Waals surface area (Å²) in [6.45, 7) is 0. The van der Waals surface area contributed by atoms with E-state index in [1.165, 1.54) is 109 Å². The molecule has 0 unspecified atom stereocenters. The average Bonchev–Trinajstić information content (AvgIpc) is 3.27. The Morgan fingerprint density at radius 1 is 0.161 bits per heavy atom. The highest BCUT2D eigenvalue weighted by Crippen LogP contribution is 2.45. The Bertz CT molecular complexity index is 3220. The van der Waals surface area contributed by atoms with Crippen LogP contribution in [0.4, 0.5) is 0 Å². The topological polar surface area (TPSA) is 0 Å². The van der Waals surface area contributed by atoms with E-state index in [1.807, 2.05) is 0 Å². The Labute approximate surface area is 326 Å². The summed E-state index contributed by atoms with van der Waals surface area (Å²) in [6, 6.07) is 80.3. The summed E-state index contributed by atoms with van der Waals surface area (Å²) in [5.41, 5.74) is 12.5. The molecule has 11 aromatic carbocycles. The van der Waals surface area contributed by atoms with Crippen LogP contribution in [-0.2, 0) is 0 Å². The van der Waals surface area contributed by atoms with Crippen LogP contribution in [0.2, 0.25) is 0 Å². The highest BCUT2D eigenvalue weighted by molar-refractivity contribution is 6.22. The second kappa shape index (κ2) is 13.2. The third kappa shape index (κ3) is 5.54. The fourth-order valence-electron chi connectivity index (χ4n) is 8.78. The molecule has 0 radical (unpaired) electrons. The summed E-state index contributed by atoms with van der Waals surface area (Å²) in [5.74, 6) is 0. The number of rotatable bonds is 5. The van der Waals surface area contributed by atoms with Gasteiger partial charge in [0.2, 0.25) is 0 Å². The monoisotopic (exact) mass is 708 g/mol. The van der Waals surface area contributed by atoms with E-state index < -0.39 is 0 Å². The first-order valence-electron chi connectivity index (χ1n) is 19.4. The van der Waals surface area contributed by atoms with E-state index in [0.717, 1.165) is 0 Å². The highest BCUT2D eigenvalue weighted by Gasteiger charge is 2.17. The van der Waals surface area contributed by atoms with Gasteiger partial charge in [0.15, 0.2) is 0 Å². The Kier molecular flexibility index (Phi) is 7.60. The lowest BCUT2D eigenvalue weighted by molar-refractivity contribution is 1.63. The Balaban J connectivity index is 0.990. The SMILES string of the molecule is c1ccc(-c2ccc3cc(-c4ccc5cc(-c6c7ccccc7c(-c7ccc8cc(-c9ccccc9)ccc8c7)c7ccccc67)ccc5c4)ccc3c2)cc1. The van der Waals surface area contributed by atoms with Gasteiger partial charge in [-0.1, -0.05) is 182 Å². The van der Waals surface area contributed by atoms with E-state index in [-0.39, 0.29) is 0 Å². The first-order valence-corrected chi connectivity index (χ1v) is 19.4. The van der Waals surface area contributed by atoms with Crippen molar-refractivity contribution in [1.29, 1.82) is 0 Å². The van der Waals surface area contributed by atoms with Gasteiger partial charge in [0, 0.05) is 0 Å². The molecule has 0 atom stereocenters. The minimum Gasteiger partial charge on any atom is -0.0622 e. The zero-order valence-electron chi connectivity index (χ0n) is 30.8. The van der Waals surface area contributed by atoms with E-state index in [2.05, 4.69) is 218 Å². The van der Waals surface area contributed by atoms with E-state index in [0.29, 0.717) is 0 Å². The first kappa shape index (κ1) is 32.2. The zero-order valence-corrected chi connectivity index (χ0v) is 30.8. The van der Waals surface area contributed by atoms with Gasteiger partial charge < -0.3 is 0 Å². The van der Waals surface area contributed by atoms with E-state index in [9.17, 15) is 0 Å². The van der Waals surface area contributed by atoms with Crippen molar-refractivity contribution in [2.75, 3.05) is 0 Å². The molecule has 0 heterocycles. The van der Waals surface area contributed by atoms with Crippen molar-refractivity contribution in [2.24, 2.45) is 0 Å². The van der Waals surface area contributed by atoms with Crippen LogP contribution in [0.15, 0.2) is 218 Å². The minimum absolute atomic E-state index is 1.23. The molecule has 0 N–H and O–H groups in total. The largest absolute Gasteiger partial charge is 0.0622 e.